The molecular formula is C24H23N3O3S. The topological polar surface area (TPSA) is 100 Å². The Morgan fingerprint density at radius 1 is 1.26 bits per heavy atom. The van der Waals surface area contributed by atoms with Crippen LogP contribution in [0.25, 0.3) is 21.3 Å². The monoisotopic (exact) mass is 433 g/mol. The summed E-state index contributed by atoms with van der Waals surface area (Å²) < 4.78 is 5.78. The van der Waals surface area contributed by atoms with Crippen molar-refractivity contribution in [2.45, 2.75) is 18.9 Å². The Hall–Kier alpha value is -3.29. The van der Waals surface area contributed by atoms with Gasteiger partial charge in [0.05, 0.1) is 29.8 Å². The van der Waals surface area contributed by atoms with Crippen LogP contribution >= 0.6 is 11.3 Å². The summed E-state index contributed by atoms with van der Waals surface area (Å²) in [5, 5.41) is 14.8. The number of para-hydroxylation sites is 1. The lowest BCUT2D eigenvalue weighted by Crippen LogP contribution is -2.39. The number of benzene rings is 2. The molecule has 0 aliphatic carbocycles. The van der Waals surface area contributed by atoms with Crippen LogP contribution in [0.4, 0.5) is 5.00 Å². The molecule has 158 valence electrons. The Labute approximate surface area is 183 Å². The first-order valence-corrected chi connectivity index (χ1v) is 11.1. The molecule has 6 nitrogen and oxygen atoms in total. The number of anilines is 1. The van der Waals surface area contributed by atoms with Crippen molar-refractivity contribution >= 4 is 33.1 Å². The minimum Gasteiger partial charge on any atom is -0.492 e. The molecule has 0 saturated heterocycles. The number of fused-ring (bicyclic) bond motifs is 2. The lowest BCUT2D eigenvalue weighted by Gasteiger charge is -2.18. The highest BCUT2D eigenvalue weighted by atomic mass is 32.1. The summed E-state index contributed by atoms with van der Waals surface area (Å²) in [6, 6.07) is 15.3. The van der Waals surface area contributed by atoms with Crippen molar-refractivity contribution in [3.63, 3.8) is 0 Å². The molecule has 3 heterocycles. The molecule has 2 aromatic heterocycles. The van der Waals surface area contributed by atoms with Crippen LogP contribution in [-0.2, 0) is 12.8 Å². The van der Waals surface area contributed by atoms with E-state index in [1.54, 1.807) is 0 Å². The van der Waals surface area contributed by atoms with Gasteiger partial charge >= 0.3 is 0 Å². The van der Waals surface area contributed by atoms with Gasteiger partial charge in [0.15, 0.2) is 0 Å². The van der Waals surface area contributed by atoms with Crippen molar-refractivity contribution in [1.82, 2.24) is 10.3 Å². The molecule has 1 atom stereocenters. The van der Waals surface area contributed by atoms with Gasteiger partial charge in [0.2, 0.25) is 0 Å². The van der Waals surface area contributed by atoms with Gasteiger partial charge in [-0.15, -0.1) is 11.3 Å². The first-order valence-electron chi connectivity index (χ1n) is 10.2. The second-order valence-electron chi connectivity index (χ2n) is 7.73. The quantitative estimate of drug-likeness (QED) is 0.372. The van der Waals surface area contributed by atoms with E-state index in [1.807, 2.05) is 48.7 Å². The molecule has 1 amide bonds. The third kappa shape index (κ3) is 3.78. The highest BCUT2D eigenvalue weighted by Crippen LogP contribution is 2.37. The number of aliphatic hydroxyl groups is 1. The van der Waals surface area contributed by atoms with E-state index < -0.39 is 6.04 Å². The van der Waals surface area contributed by atoms with Crippen molar-refractivity contribution in [1.29, 1.82) is 0 Å². The van der Waals surface area contributed by atoms with Crippen LogP contribution in [0.15, 0.2) is 54.7 Å². The maximum absolute atomic E-state index is 13.2. The van der Waals surface area contributed by atoms with E-state index in [4.69, 9.17) is 10.5 Å². The van der Waals surface area contributed by atoms with Gasteiger partial charge in [-0.1, -0.05) is 18.2 Å². The Morgan fingerprint density at radius 3 is 2.94 bits per heavy atom. The second-order valence-corrected chi connectivity index (χ2v) is 8.84. The average molecular weight is 434 g/mol. The van der Waals surface area contributed by atoms with Crippen LogP contribution in [-0.4, -0.2) is 35.3 Å². The number of ether oxygens (including phenoxy) is 1. The number of rotatable bonds is 6. The molecule has 1 aliphatic heterocycles. The van der Waals surface area contributed by atoms with Gasteiger partial charge in [-0.3, -0.25) is 4.79 Å². The van der Waals surface area contributed by atoms with Gasteiger partial charge in [0.1, 0.15) is 5.75 Å². The molecule has 5 rings (SSSR count). The number of carbonyl (C=O) groups is 1. The van der Waals surface area contributed by atoms with E-state index in [-0.39, 0.29) is 12.5 Å². The van der Waals surface area contributed by atoms with E-state index in [2.05, 4.69) is 16.4 Å². The zero-order valence-corrected chi connectivity index (χ0v) is 17.7. The summed E-state index contributed by atoms with van der Waals surface area (Å²) >= 11 is 1.49. The number of nitrogens with two attached hydrogens (primary N) is 1. The summed E-state index contributed by atoms with van der Waals surface area (Å²) in [6.45, 7) is 0.403. The van der Waals surface area contributed by atoms with E-state index in [0.717, 1.165) is 43.9 Å². The Kier molecular flexibility index (Phi) is 5.13. The highest BCUT2D eigenvalue weighted by Gasteiger charge is 2.25. The standard InChI is InChI=1S/C24H23N3O3S/c25-22-6-5-21(31-22)15-9-14-7-8-30-23(14)19(11-15)24(29)27-17(13-28)10-16-12-26-20-4-2-1-3-18(16)20/h1-6,9,11-12,17,26,28H,7-8,10,13,25H2,(H,27,29)/t17-/m1/s1. The van der Waals surface area contributed by atoms with Gasteiger partial charge < -0.3 is 25.9 Å². The SMILES string of the molecule is Nc1ccc(-c2cc3c(c(C(=O)N[C@@H](CO)Cc4c[nH]c5ccccc45)c2)OCC3)s1. The first-order chi connectivity index (χ1) is 15.1. The lowest BCUT2D eigenvalue weighted by molar-refractivity contribution is 0.0913. The molecule has 0 fully saturated rings. The maximum atomic E-state index is 13.2. The first kappa shape index (κ1) is 19.7. The number of aliphatic hydroxyl groups excluding tert-OH is 1. The van der Waals surface area contributed by atoms with E-state index in [1.165, 1.54) is 11.3 Å². The predicted molar refractivity (Wildman–Crippen MR) is 124 cm³/mol. The van der Waals surface area contributed by atoms with Gasteiger partial charge in [-0.05, 0) is 53.4 Å². The smallest absolute Gasteiger partial charge is 0.255 e. The predicted octanol–water partition coefficient (Wildman–Crippen LogP) is 3.75. The van der Waals surface area contributed by atoms with Gasteiger partial charge in [0.25, 0.3) is 5.91 Å². The van der Waals surface area contributed by atoms with E-state index >= 15 is 0 Å². The number of aromatic amines is 1. The Morgan fingerprint density at radius 2 is 2.13 bits per heavy atom. The molecule has 0 bridgehead atoms. The number of aromatic nitrogens is 1. The second kappa shape index (κ2) is 8.09. The summed E-state index contributed by atoms with van der Waals surface area (Å²) in [5.74, 6) is 0.387. The number of nitrogen functional groups attached to an aromatic ring is 1. The molecule has 0 saturated carbocycles. The fourth-order valence-electron chi connectivity index (χ4n) is 4.12. The average Bonchev–Trinajstić information content (AvgIpc) is 3.52. The van der Waals surface area contributed by atoms with Crippen LogP contribution in [0.3, 0.4) is 0 Å². The summed E-state index contributed by atoms with van der Waals surface area (Å²) in [6.07, 6.45) is 3.22. The largest absolute Gasteiger partial charge is 0.492 e. The van der Waals surface area contributed by atoms with Crippen molar-refractivity contribution in [2.24, 2.45) is 0 Å². The molecular weight excluding hydrogens is 410 g/mol. The Bertz CT molecular complexity index is 1260. The molecule has 4 aromatic rings. The normalized spacial score (nSPS) is 13.7. The summed E-state index contributed by atoms with van der Waals surface area (Å²) in [4.78, 5) is 17.5. The maximum Gasteiger partial charge on any atom is 0.255 e. The summed E-state index contributed by atoms with van der Waals surface area (Å²) in [5.41, 5.74) is 10.5. The number of H-pyrrole nitrogens is 1. The van der Waals surface area contributed by atoms with E-state index in [0.29, 0.717) is 24.3 Å². The van der Waals surface area contributed by atoms with Crippen molar-refractivity contribution in [3.8, 4) is 16.2 Å². The molecule has 1 aliphatic rings. The minimum atomic E-state index is -0.412. The van der Waals surface area contributed by atoms with Crippen molar-refractivity contribution < 1.29 is 14.6 Å². The number of amides is 1. The van der Waals surface area contributed by atoms with Crippen LogP contribution in [0.1, 0.15) is 21.5 Å². The molecule has 0 spiro atoms. The minimum absolute atomic E-state index is 0.157. The number of hydrogen-bond donors (Lipinski definition) is 4. The van der Waals surface area contributed by atoms with Crippen molar-refractivity contribution in [2.75, 3.05) is 18.9 Å². The molecule has 5 N–H and O–H groups in total. The van der Waals surface area contributed by atoms with Crippen LogP contribution in [0, 0.1) is 0 Å². The number of carbonyl (C=O) groups excluding carboxylic acids is 1. The molecule has 0 unspecified atom stereocenters. The number of hydrogen-bond acceptors (Lipinski definition) is 5. The lowest BCUT2D eigenvalue weighted by atomic mass is 10.0. The van der Waals surface area contributed by atoms with Crippen LogP contribution in [0.2, 0.25) is 0 Å². The molecule has 7 heteroatoms. The molecule has 0 radical (unpaired) electrons. The fourth-order valence-corrected chi connectivity index (χ4v) is 4.88. The van der Waals surface area contributed by atoms with Crippen molar-refractivity contribution in [3.05, 3.63) is 71.4 Å². The number of nitrogens with one attached hydrogen (secondary N) is 2. The third-order valence-electron chi connectivity index (χ3n) is 5.64. The van der Waals surface area contributed by atoms with Gasteiger partial charge in [-0.25, -0.2) is 0 Å². The van der Waals surface area contributed by atoms with Crippen LogP contribution in [0.5, 0.6) is 5.75 Å². The molecule has 2 aromatic carbocycles. The zero-order valence-electron chi connectivity index (χ0n) is 16.9. The van der Waals surface area contributed by atoms with Gasteiger partial charge in [-0.2, -0.15) is 0 Å². The van der Waals surface area contributed by atoms with Crippen LogP contribution < -0.4 is 15.8 Å². The number of thiophene rings is 1. The highest BCUT2D eigenvalue weighted by molar-refractivity contribution is 7.19. The van der Waals surface area contributed by atoms with E-state index in [9.17, 15) is 9.90 Å². The molecule has 31 heavy (non-hydrogen) atoms. The van der Waals surface area contributed by atoms with Gasteiger partial charge in [0, 0.05) is 28.4 Å². The summed E-state index contributed by atoms with van der Waals surface area (Å²) in [7, 11) is 0. The zero-order chi connectivity index (χ0) is 21.4. The fraction of sp³-hybridized carbons (Fsp3) is 0.208. The Balaban J connectivity index is 1.42. The third-order valence-corrected chi connectivity index (χ3v) is 6.60.